The van der Waals surface area contributed by atoms with Gasteiger partial charge in [0.25, 0.3) is 5.56 Å². The summed E-state index contributed by atoms with van der Waals surface area (Å²) in [6.07, 6.45) is 5.32. The highest BCUT2D eigenvalue weighted by molar-refractivity contribution is 5.79. The lowest BCUT2D eigenvalue weighted by Crippen LogP contribution is -2.40. The smallest absolute Gasteiger partial charge is 0.328 e. The largest absolute Gasteiger partial charge is 0.381 e. The van der Waals surface area contributed by atoms with Crippen molar-refractivity contribution in [1.82, 2.24) is 9.55 Å². The van der Waals surface area contributed by atoms with Gasteiger partial charge in [0.1, 0.15) is 0 Å². The Morgan fingerprint density at radius 2 is 1.96 bits per heavy atom. The van der Waals surface area contributed by atoms with Gasteiger partial charge >= 0.3 is 5.69 Å². The Morgan fingerprint density at radius 1 is 1.21 bits per heavy atom. The zero-order valence-electron chi connectivity index (χ0n) is 14.1. The molecular formula is C19H24N2O3. The molecule has 0 radical (unpaired) electrons. The molecule has 1 saturated heterocycles. The molecule has 5 nitrogen and oxygen atoms in total. The maximum absolute atomic E-state index is 12.9. The summed E-state index contributed by atoms with van der Waals surface area (Å²) >= 11 is 0. The standard InChI is InChI=1S/C19H24N2O3/c1-12-11-24-7-6-15(12)10-21-18(22)16-8-13-4-2-3-5-14(13)9-17(16)20-19(21)23/h8-9,12,15H,2-7,10-11H2,1H3,(H,20,23). The maximum Gasteiger partial charge on any atom is 0.328 e. The first-order chi connectivity index (χ1) is 11.6. The molecule has 1 N–H and O–H groups in total. The van der Waals surface area contributed by atoms with Crippen molar-refractivity contribution in [1.29, 1.82) is 0 Å². The first kappa shape index (κ1) is 15.6. The fourth-order valence-electron chi connectivity index (χ4n) is 4.08. The summed E-state index contributed by atoms with van der Waals surface area (Å²) in [5, 5.41) is 0.648. The highest BCUT2D eigenvalue weighted by Gasteiger charge is 2.24. The molecule has 1 aromatic carbocycles. The summed E-state index contributed by atoms with van der Waals surface area (Å²) in [7, 11) is 0. The van der Waals surface area contributed by atoms with Crippen LogP contribution in [0, 0.1) is 11.8 Å². The Labute approximate surface area is 140 Å². The summed E-state index contributed by atoms with van der Waals surface area (Å²) in [6.45, 7) is 4.02. The first-order valence-electron chi connectivity index (χ1n) is 9.00. The lowest BCUT2D eigenvalue weighted by atomic mass is 9.89. The van der Waals surface area contributed by atoms with Gasteiger partial charge in [-0.1, -0.05) is 6.92 Å². The van der Waals surface area contributed by atoms with Crippen molar-refractivity contribution >= 4 is 10.9 Å². The normalized spacial score (nSPS) is 24.0. The van der Waals surface area contributed by atoms with Gasteiger partial charge in [0.05, 0.1) is 10.9 Å². The van der Waals surface area contributed by atoms with Crippen LogP contribution in [0.15, 0.2) is 21.7 Å². The van der Waals surface area contributed by atoms with Gasteiger partial charge in [-0.05, 0) is 67.2 Å². The molecule has 2 heterocycles. The van der Waals surface area contributed by atoms with E-state index in [4.69, 9.17) is 4.74 Å². The molecule has 0 saturated carbocycles. The van der Waals surface area contributed by atoms with Crippen LogP contribution in [0.1, 0.15) is 37.3 Å². The zero-order valence-corrected chi connectivity index (χ0v) is 14.1. The summed E-state index contributed by atoms with van der Waals surface area (Å²) in [5.41, 5.74) is 2.79. The topological polar surface area (TPSA) is 64.1 Å². The minimum Gasteiger partial charge on any atom is -0.381 e. The number of ether oxygens (including phenoxy) is 1. The van der Waals surface area contributed by atoms with Crippen LogP contribution >= 0.6 is 0 Å². The van der Waals surface area contributed by atoms with E-state index in [2.05, 4.69) is 11.9 Å². The van der Waals surface area contributed by atoms with Crippen LogP contribution in [0.5, 0.6) is 0 Å². The third-order valence-corrected chi connectivity index (χ3v) is 5.68. The van der Waals surface area contributed by atoms with Gasteiger partial charge in [0.2, 0.25) is 0 Å². The monoisotopic (exact) mass is 328 g/mol. The van der Waals surface area contributed by atoms with E-state index in [1.807, 2.05) is 12.1 Å². The summed E-state index contributed by atoms with van der Waals surface area (Å²) in [4.78, 5) is 28.3. The van der Waals surface area contributed by atoms with Gasteiger partial charge in [-0.15, -0.1) is 0 Å². The predicted molar refractivity (Wildman–Crippen MR) is 93.6 cm³/mol. The van der Waals surface area contributed by atoms with Crippen molar-refractivity contribution in [3.8, 4) is 0 Å². The van der Waals surface area contributed by atoms with Crippen LogP contribution in [0.4, 0.5) is 0 Å². The average molecular weight is 328 g/mol. The van der Waals surface area contributed by atoms with Gasteiger partial charge in [0.15, 0.2) is 0 Å². The van der Waals surface area contributed by atoms with E-state index in [-0.39, 0.29) is 11.2 Å². The van der Waals surface area contributed by atoms with E-state index in [9.17, 15) is 9.59 Å². The summed E-state index contributed by atoms with van der Waals surface area (Å²) in [6, 6.07) is 4.01. The Kier molecular flexibility index (Phi) is 4.04. The van der Waals surface area contributed by atoms with E-state index in [0.717, 1.165) is 19.3 Å². The van der Waals surface area contributed by atoms with Gasteiger partial charge < -0.3 is 9.72 Å². The van der Waals surface area contributed by atoms with Crippen LogP contribution in [0.2, 0.25) is 0 Å². The lowest BCUT2D eigenvalue weighted by molar-refractivity contribution is 0.0180. The highest BCUT2D eigenvalue weighted by Crippen LogP contribution is 2.25. The van der Waals surface area contributed by atoms with Gasteiger partial charge in [0, 0.05) is 19.8 Å². The van der Waals surface area contributed by atoms with E-state index >= 15 is 0 Å². The molecule has 1 aliphatic heterocycles. The summed E-state index contributed by atoms with van der Waals surface area (Å²) < 4.78 is 6.86. The molecule has 1 fully saturated rings. The molecule has 0 spiro atoms. The average Bonchev–Trinajstić information content (AvgIpc) is 2.59. The van der Waals surface area contributed by atoms with Crippen molar-refractivity contribution in [3.05, 3.63) is 44.1 Å². The SMILES string of the molecule is CC1COCCC1Cn1c(=O)[nH]c2cc3c(cc2c1=O)CCCC3. The lowest BCUT2D eigenvalue weighted by Gasteiger charge is -2.29. The van der Waals surface area contributed by atoms with Crippen LogP contribution < -0.4 is 11.2 Å². The number of benzene rings is 1. The van der Waals surface area contributed by atoms with E-state index in [0.29, 0.717) is 42.5 Å². The van der Waals surface area contributed by atoms with Crippen LogP contribution in [0.3, 0.4) is 0 Å². The van der Waals surface area contributed by atoms with Crippen molar-refractivity contribution in [2.45, 2.75) is 45.6 Å². The number of rotatable bonds is 2. The first-order valence-corrected chi connectivity index (χ1v) is 9.00. The Balaban J connectivity index is 1.78. The molecule has 24 heavy (non-hydrogen) atoms. The number of nitrogens with one attached hydrogen (secondary N) is 1. The number of nitrogens with zero attached hydrogens (tertiary/aromatic N) is 1. The molecule has 2 aromatic rings. The van der Waals surface area contributed by atoms with Crippen molar-refractivity contribution in [2.24, 2.45) is 11.8 Å². The third-order valence-electron chi connectivity index (χ3n) is 5.68. The molecule has 0 bridgehead atoms. The van der Waals surface area contributed by atoms with Gasteiger partial charge in [-0.2, -0.15) is 0 Å². The molecule has 1 aromatic heterocycles. The second-order valence-electron chi connectivity index (χ2n) is 7.32. The van der Waals surface area contributed by atoms with Crippen LogP contribution in [-0.2, 0) is 24.1 Å². The number of aryl methyl sites for hydroxylation is 2. The minimum absolute atomic E-state index is 0.152. The number of hydrogen-bond acceptors (Lipinski definition) is 3. The number of H-pyrrole nitrogens is 1. The second kappa shape index (κ2) is 6.20. The minimum atomic E-state index is -0.290. The molecule has 0 amide bonds. The second-order valence-corrected chi connectivity index (χ2v) is 7.32. The predicted octanol–water partition coefficient (Wildman–Crippen LogP) is 2.24. The highest BCUT2D eigenvalue weighted by atomic mass is 16.5. The van der Waals surface area contributed by atoms with Crippen LogP contribution in [0.25, 0.3) is 10.9 Å². The molecule has 1 aliphatic carbocycles. The van der Waals surface area contributed by atoms with Crippen LogP contribution in [-0.4, -0.2) is 22.8 Å². The van der Waals surface area contributed by atoms with Crippen molar-refractivity contribution < 1.29 is 4.74 Å². The Hall–Kier alpha value is -1.88. The number of aromatic nitrogens is 2. The van der Waals surface area contributed by atoms with Gasteiger partial charge in [-0.25, -0.2) is 4.79 Å². The van der Waals surface area contributed by atoms with Gasteiger partial charge in [-0.3, -0.25) is 9.36 Å². The number of fused-ring (bicyclic) bond motifs is 2. The quantitative estimate of drug-likeness (QED) is 0.919. The Morgan fingerprint density at radius 3 is 2.71 bits per heavy atom. The number of aromatic amines is 1. The molecule has 2 atom stereocenters. The zero-order chi connectivity index (χ0) is 16.7. The molecule has 2 unspecified atom stereocenters. The molecule has 2 aliphatic rings. The van der Waals surface area contributed by atoms with E-state index in [1.165, 1.54) is 28.5 Å². The van der Waals surface area contributed by atoms with E-state index < -0.39 is 0 Å². The van der Waals surface area contributed by atoms with E-state index in [1.54, 1.807) is 0 Å². The number of hydrogen-bond donors (Lipinski definition) is 1. The Bertz CT molecular complexity index is 881. The van der Waals surface area contributed by atoms with Crippen molar-refractivity contribution in [2.75, 3.05) is 13.2 Å². The maximum atomic E-state index is 12.9. The van der Waals surface area contributed by atoms with Crippen molar-refractivity contribution in [3.63, 3.8) is 0 Å². The summed E-state index contributed by atoms with van der Waals surface area (Å²) in [5.74, 6) is 0.678. The fourth-order valence-corrected chi connectivity index (χ4v) is 4.08. The molecule has 128 valence electrons. The third kappa shape index (κ3) is 2.71. The fraction of sp³-hybridized carbons (Fsp3) is 0.579. The molecule has 4 rings (SSSR count). The molecular weight excluding hydrogens is 304 g/mol. The molecule has 5 heteroatoms.